The molecule has 0 aliphatic carbocycles. The van der Waals surface area contributed by atoms with E-state index >= 15 is 0 Å². The molecule has 22 heavy (non-hydrogen) atoms. The van der Waals surface area contributed by atoms with E-state index in [4.69, 9.17) is 0 Å². The minimum Gasteiger partial charge on any atom is -0.350 e. The normalized spacial score (nSPS) is 16.5. The number of amides is 2. The Morgan fingerprint density at radius 3 is 2.86 bits per heavy atom. The van der Waals surface area contributed by atoms with Crippen LogP contribution in [0.25, 0.3) is 0 Å². The Kier molecular flexibility index (Phi) is 4.39. The van der Waals surface area contributed by atoms with Crippen molar-refractivity contribution < 1.29 is 9.59 Å². The number of nitrogens with zero attached hydrogens (tertiary/aromatic N) is 1. The lowest BCUT2D eigenvalue weighted by Crippen LogP contribution is -2.34. The van der Waals surface area contributed by atoms with E-state index in [2.05, 4.69) is 15.6 Å². The van der Waals surface area contributed by atoms with Crippen molar-refractivity contribution in [3.8, 4) is 0 Å². The average molecular weight is 313 g/mol. The molecule has 1 aromatic heterocycles. The number of carbonyl (C=O) groups is 2. The number of fused-ring (bicyclic) bond motifs is 1. The number of aromatic nitrogens is 1. The zero-order valence-corrected chi connectivity index (χ0v) is 12.6. The molecule has 5 nitrogen and oxygen atoms in total. The third-order valence-corrected chi connectivity index (χ3v) is 4.55. The number of nitrogens with one attached hydrogen (secondary N) is 2. The summed E-state index contributed by atoms with van der Waals surface area (Å²) in [5, 5.41) is 5.23. The second-order valence-corrected chi connectivity index (χ2v) is 6.14. The predicted molar refractivity (Wildman–Crippen MR) is 85.4 cm³/mol. The summed E-state index contributed by atoms with van der Waals surface area (Å²) in [5.74, 6) is -0.283. The highest BCUT2D eigenvalue weighted by Gasteiger charge is 2.28. The van der Waals surface area contributed by atoms with Crippen molar-refractivity contribution in [2.45, 2.75) is 23.1 Å². The van der Waals surface area contributed by atoms with Gasteiger partial charge in [-0.2, -0.15) is 0 Å². The van der Waals surface area contributed by atoms with E-state index in [0.717, 1.165) is 16.3 Å². The van der Waals surface area contributed by atoms with Crippen molar-refractivity contribution >= 4 is 29.3 Å². The van der Waals surface area contributed by atoms with Crippen molar-refractivity contribution in [3.63, 3.8) is 0 Å². The van der Waals surface area contributed by atoms with Gasteiger partial charge in [-0.05, 0) is 24.3 Å². The largest absolute Gasteiger partial charge is 0.350 e. The number of hydrogen-bond acceptors (Lipinski definition) is 4. The van der Waals surface area contributed by atoms with Crippen LogP contribution in [0.4, 0.5) is 5.69 Å². The molecule has 112 valence electrons. The van der Waals surface area contributed by atoms with Crippen LogP contribution in [0.3, 0.4) is 0 Å². The highest BCUT2D eigenvalue weighted by molar-refractivity contribution is 8.01. The van der Waals surface area contributed by atoms with Crippen molar-refractivity contribution in [1.82, 2.24) is 10.3 Å². The van der Waals surface area contributed by atoms with Crippen molar-refractivity contribution in [2.75, 3.05) is 5.32 Å². The van der Waals surface area contributed by atoms with Gasteiger partial charge < -0.3 is 10.6 Å². The van der Waals surface area contributed by atoms with Crippen molar-refractivity contribution in [1.29, 1.82) is 0 Å². The molecule has 2 amide bonds. The van der Waals surface area contributed by atoms with Gasteiger partial charge in [-0.15, -0.1) is 11.8 Å². The van der Waals surface area contributed by atoms with E-state index in [1.807, 2.05) is 42.5 Å². The molecule has 1 aromatic carbocycles. The Morgan fingerprint density at radius 1 is 1.23 bits per heavy atom. The van der Waals surface area contributed by atoms with Crippen LogP contribution in [0, 0.1) is 0 Å². The lowest BCUT2D eigenvalue weighted by Gasteiger charge is -2.23. The zero-order chi connectivity index (χ0) is 15.4. The van der Waals surface area contributed by atoms with Gasteiger partial charge in [-0.3, -0.25) is 14.6 Å². The third-order valence-electron chi connectivity index (χ3n) is 3.27. The molecule has 0 saturated heterocycles. The van der Waals surface area contributed by atoms with Gasteiger partial charge in [0.05, 0.1) is 23.2 Å². The molecule has 2 aromatic rings. The molecule has 0 unspecified atom stereocenters. The Hall–Kier alpha value is -2.34. The summed E-state index contributed by atoms with van der Waals surface area (Å²) < 4.78 is 0. The second kappa shape index (κ2) is 6.62. The van der Waals surface area contributed by atoms with Crippen LogP contribution in [0.1, 0.15) is 12.1 Å². The molecule has 1 aliphatic rings. The number of rotatable bonds is 4. The summed E-state index contributed by atoms with van der Waals surface area (Å²) in [6.07, 6.45) is 1.83. The number of thioether (sulfide) groups is 1. The molecule has 0 bridgehead atoms. The van der Waals surface area contributed by atoms with E-state index in [1.165, 1.54) is 11.8 Å². The maximum Gasteiger partial charge on any atom is 0.238 e. The minimum absolute atomic E-state index is 0.128. The Morgan fingerprint density at radius 2 is 2.05 bits per heavy atom. The summed E-state index contributed by atoms with van der Waals surface area (Å²) in [4.78, 5) is 29.2. The van der Waals surface area contributed by atoms with E-state index in [0.29, 0.717) is 6.54 Å². The fourth-order valence-electron chi connectivity index (χ4n) is 2.16. The molecular formula is C16H15N3O2S. The van der Waals surface area contributed by atoms with E-state index < -0.39 is 5.25 Å². The van der Waals surface area contributed by atoms with Crippen LogP contribution in [-0.2, 0) is 16.1 Å². The summed E-state index contributed by atoms with van der Waals surface area (Å²) in [6.45, 7) is 0.370. The monoisotopic (exact) mass is 313 g/mol. The maximum absolute atomic E-state index is 12.0. The number of hydrogen-bond donors (Lipinski definition) is 2. The molecule has 1 aliphatic heterocycles. The van der Waals surface area contributed by atoms with Crippen LogP contribution in [0.15, 0.2) is 53.6 Å². The van der Waals surface area contributed by atoms with Crippen LogP contribution < -0.4 is 10.6 Å². The first-order chi connectivity index (χ1) is 10.7. The van der Waals surface area contributed by atoms with Crippen LogP contribution in [0.5, 0.6) is 0 Å². The zero-order valence-electron chi connectivity index (χ0n) is 11.8. The number of carbonyl (C=O) groups excluding carboxylic acids is 2. The number of para-hydroxylation sites is 1. The number of anilines is 1. The van der Waals surface area contributed by atoms with E-state index in [-0.39, 0.29) is 18.2 Å². The highest BCUT2D eigenvalue weighted by Crippen LogP contribution is 2.36. The summed E-state index contributed by atoms with van der Waals surface area (Å²) >= 11 is 1.43. The summed E-state index contributed by atoms with van der Waals surface area (Å²) in [6, 6.07) is 13.1. The molecule has 0 radical (unpaired) electrons. The Bertz CT molecular complexity index is 691. The van der Waals surface area contributed by atoms with Gasteiger partial charge in [0.25, 0.3) is 0 Å². The molecular weight excluding hydrogens is 298 g/mol. The predicted octanol–water partition coefficient (Wildman–Crippen LogP) is 2.20. The van der Waals surface area contributed by atoms with Gasteiger partial charge in [0.1, 0.15) is 0 Å². The van der Waals surface area contributed by atoms with E-state index in [9.17, 15) is 9.59 Å². The lowest BCUT2D eigenvalue weighted by atomic mass is 10.2. The average Bonchev–Trinajstić information content (AvgIpc) is 2.55. The summed E-state index contributed by atoms with van der Waals surface area (Å²) in [7, 11) is 0. The fourth-order valence-corrected chi connectivity index (χ4v) is 3.27. The molecule has 6 heteroatoms. The molecule has 0 fully saturated rings. The van der Waals surface area contributed by atoms with Gasteiger partial charge in [0, 0.05) is 17.5 Å². The van der Waals surface area contributed by atoms with Gasteiger partial charge >= 0.3 is 0 Å². The van der Waals surface area contributed by atoms with Gasteiger partial charge in [0.2, 0.25) is 11.8 Å². The topological polar surface area (TPSA) is 71.1 Å². The number of benzene rings is 1. The first-order valence-electron chi connectivity index (χ1n) is 6.95. The second-order valence-electron chi connectivity index (χ2n) is 4.89. The Balaban J connectivity index is 1.57. The number of pyridine rings is 1. The molecule has 1 atom stereocenters. The quantitative estimate of drug-likeness (QED) is 0.908. The van der Waals surface area contributed by atoms with Gasteiger partial charge in [-0.25, -0.2) is 0 Å². The van der Waals surface area contributed by atoms with Gasteiger partial charge in [-0.1, -0.05) is 18.2 Å². The van der Waals surface area contributed by atoms with Crippen LogP contribution in [0.2, 0.25) is 0 Å². The standard InChI is InChI=1S/C16H15N3O2S/c20-15(18-10-11-5-3-4-8-17-11)9-14-16(21)19-12-6-1-2-7-13(12)22-14/h1-8,14H,9-10H2,(H,18,20)(H,19,21)/t14-/m0/s1. The maximum atomic E-state index is 12.0. The molecule has 2 heterocycles. The SMILES string of the molecule is O=C(C[C@@H]1Sc2ccccc2NC1=O)NCc1ccccn1. The minimum atomic E-state index is -0.404. The van der Waals surface area contributed by atoms with Crippen LogP contribution in [-0.4, -0.2) is 22.0 Å². The summed E-state index contributed by atoms with van der Waals surface area (Å²) in [5.41, 5.74) is 1.60. The highest BCUT2D eigenvalue weighted by atomic mass is 32.2. The molecule has 0 spiro atoms. The molecule has 2 N–H and O–H groups in total. The fraction of sp³-hybridized carbons (Fsp3) is 0.188. The lowest BCUT2D eigenvalue weighted by molar-refractivity contribution is -0.124. The first kappa shape index (κ1) is 14.6. The molecule has 3 rings (SSSR count). The Labute approximate surface area is 132 Å². The van der Waals surface area contributed by atoms with E-state index in [1.54, 1.807) is 6.20 Å². The van der Waals surface area contributed by atoms with Crippen molar-refractivity contribution in [2.24, 2.45) is 0 Å². The third kappa shape index (κ3) is 3.46. The van der Waals surface area contributed by atoms with Crippen LogP contribution >= 0.6 is 11.8 Å². The van der Waals surface area contributed by atoms with Crippen molar-refractivity contribution in [3.05, 3.63) is 54.4 Å². The molecule has 0 saturated carbocycles. The smallest absolute Gasteiger partial charge is 0.238 e. The van der Waals surface area contributed by atoms with Gasteiger partial charge in [0.15, 0.2) is 0 Å². The first-order valence-corrected chi connectivity index (χ1v) is 7.83.